The van der Waals surface area contributed by atoms with Gasteiger partial charge in [0.15, 0.2) is 35.1 Å². The summed E-state index contributed by atoms with van der Waals surface area (Å²) in [6, 6.07) is 0. The van der Waals surface area contributed by atoms with Crippen molar-refractivity contribution in [2.45, 2.75) is 49.1 Å². The van der Waals surface area contributed by atoms with Crippen molar-refractivity contribution in [3.8, 4) is 0 Å². The molecule has 0 aromatic carbocycles. The van der Waals surface area contributed by atoms with Crippen LogP contribution in [0, 0.1) is 0 Å². The maximum Gasteiger partial charge on any atom is 0.472 e. The minimum atomic E-state index is -5.13. The first-order valence-corrected chi connectivity index (χ1v) is 16.4. The van der Waals surface area contributed by atoms with Crippen LogP contribution in [0.25, 0.3) is 22.3 Å². The lowest BCUT2D eigenvalue weighted by molar-refractivity contribution is -0.0664. The second kappa shape index (κ2) is 12.6. The van der Waals surface area contributed by atoms with Crippen molar-refractivity contribution in [1.29, 1.82) is 0 Å². The first kappa shape index (κ1) is 32.5. The average Bonchev–Trinajstić information content (AvgIpc) is 3.76. The van der Waals surface area contributed by atoms with Crippen molar-refractivity contribution in [3.63, 3.8) is 0 Å². The third-order valence-corrected chi connectivity index (χ3v) is 8.65. The molecule has 10 atom stereocenters. The van der Waals surface area contributed by atoms with Gasteiger partial charge in [0.2, 0.25) is 14.0 Å². The minimum absolute atomic E-state index is 0.0491. The van der Waals surface area contributed by atoms with E-state index in [2.05, 4.69) is 29.9 Å². The number of aliphatic hydroxyl groups is 3. The molecule has 6 rings (SSSR count). The van der Waals surface area contributed by atoms with E-state index in [9.17, 15) is 39.0 Å². The number of nitrogens with zero attached hydrogens (tertiary/aromatic N) is 7. The molecule has 6 heterocycles. The Morgan fingerprint density at radius 3 is 2.37 bits per heavy atom. The van der Waals surface area contributed by atoms with Crippen LogP contribution in [0.3, 0.4) is 0 Å². The fourth-order valence-electron chi connectivity index (χ4n) is 5.17. The number of aromatic nitrogens is 8. The lowest BCUT2D eigenvalue weighted by Crippen LogP contribution is -2.36. The Balaban J connectivity index is 1.21. The molecule has 25 heteroatoms. The maximum atomic E-state index is 13.2. The Morgan fingerprint density at radius 2 is 1.65 bits per heavy atom. The Hall–Kier alpha value is -3.44. The monoisotopic (exact) mass is 690 g/mol. The van der Waals surface area contributed by atoms with Crippen LogP contribution in [-0.2, 0) is 32.4 Å². The number of nitrogen functional groups attached to an aromatic ring is 2. The van der Waals surface area contributed by atoms with Crippen LogP contribution in [0.2, 0.25) is 0 Å². The first-order chi connectivity index (χ1) is 21.9. The zero-order valence-corrected chi connectivity index (χ0v) is 25.1. The Morgan fingerprint density at radius 1 is 1.00 bits per heavy atom. The van der Waals surface area contributed by atoms with Gasteiger partial charge in [0.05, 0.1) is 25.9 Å². The van der Waals surface area contributed by atoms with E-state index < -0.39 is 90.1 Å². The molecular weight excluding hydrogens is 662 g/mol. The smallest absolute Gasteiger partial charge is 0.394 e. The van der Waals surface area contributed by atoms with Gasteiger partial charge in [-0.15, -0.1) is 0 Å². The van der Waals surface area contributed by atoms with Gasteiger partial charge in [-0.1, -0.05) is 0 Å². The van der Waals surface area contributed by atoms with E-state index in [1.165, 1.54) is 10.9 Å². The number of nitrogens with one attached hydrogen (secondary N) is 1. The molecule has 4 aromatic heterocycles. The van der Waals surface area contributed by atoms with Gasteiger partial charge in [0.1, 0.15) is 54.8 Å². The van der Waals surface area contributed by atoms with Gasteiger partial charge < -0.3 is 50.8 Å². The topological polar surface area (TPSA) is 341 Å². The molecule has 23 nitrogen and oxygen atoms in total. The number of anilines is 2. The van der Waals surface area contributed by atoms with Gasteiger partial charge in [-0.2, -0.15) is 4.98 Å². The largest absolute Gasteiger partial charge is 0.472 e. The van der Waals surface area contributed by atoms with E-state index in [0.29, 0.717) is 0 Å². The molecule has 0 spiro atoms. The van der Waals surface area contributed by atoms with E-state index in [1.807, 2.05) is 0 Å². The molecule has 0 saturated carbocycles. The Kier molecular flexibility index (Phi) is 8.93. The predicted octanol–water partition coefficient (Wildman–Crippen LogP) is -3.06. The van der Waals surface area contributed by atoms with E-state index >= 15 is 0 Å². The van der Waals surface area contributed by atoms with E-state index in [1.54, 1.807) is 0 Å². The van der Waals surface area contributed by atoms with Crippen LogP contribution >= 0.6 is 15.9 Å². The number of hydrogen-bond acceptors (Lipinski definition) is 18. The SMILES string of the molecule is Nc1nc2c(ncn2[C@@H]2O[C@H](CO)C(O)C2OP(=O)(O)OC[C@H]2O[C@@H](n3cnc4c(N)ncnc43)C(OC[PH](=O)O)C2O)c(=O)[nH]1. The summed E-state index contributed by atoms with van der Waals surface area (Å²) in [7, 11) is -8.27. The maximum absolute atomic E-state index is 13.2. The van der Waals surface area contributed by atoms with E-state index in [0.717, 1.165) is 17.2 Å². The van der Waals surface area contributed by atoms with Gasteiger partial charge in [-0.05, 0) is 0 Å². The molecule has 0 amide bonds. The molecule has 10 N–H and O–H groups in total. The zero-order valence-electron chi connectivity index (χ0n) is 23.2. The summed E-state index contributed by atoms with van der Waals surface area (Å²) < 4.78 is 54.4. The second-order valence-corrected chi connectivity index (χ2v) is 12.6. The standard InChI is InChI=1S/C21H28N10O13P2/c22-15-9-16(25-3-24-15)30(4-26-9)19-13(40-6-45(36)37)12(34)8(43-19)2-41-46(38,39)44-14-11(33)7(1-32)42-20(14)31-5-27-10-17(31)28-21(23)29-18(10)35/h3-5,7-8,11-14,19-20,32-34,45H,1-2,6H2,(H,36,37)(H,38,39)(H2,22,24,25)(H3,23,28,29,35)/t7-,8-,11?,12?,13?,14?,19-,20-/m1/s1. The molecule has 2 fully saturated rings. The summed E-state index contributed by atoms with van der Waals surface area (Å²) in [6.07, 6.45) is -8.71. The Bertz CT molecular complexity index is 1870. The number of phosphoric ester groups is 1. The lowest BCUT2D eigenvalue weighted by Gasteiger charge is -2.25. The molecule has 2 aliphatic rings. The third kappa shape index (κ3) is 6.03. The molecule has 250 valence electrons. The Labute approximate surface area is 256 Å². The van der Waals surface area contributed by atoms with Crippen LogP contribution < -0.4 is 17.0 Å². The van der Waals surface area contributed by atoms with Crippen molar-refractivity contribution >= 4 is 49.9 Å². The number of fused-ring (bicyclic) bond motifs is 2. The van der Waals surface area contributed by atoms with Crippen molar-refractivity contribution in [2.24, 2.45) is 0 Å². The van der Waals surface area contributed by atoms with Crippen molar-refractivity contribution in [3.05, 3.63) is 29.3 Å². The number of H-pyrrole nitrogens is 1. The highest BCUT2D eigenvalue weighted by atomic mass is 31.2. The highest BCUT2D eigenvalue weighted by Gasteiger charge is 2.51. The summed E-state index contributed by atoms with van der Waals surface area (Å²) in [5.41, 5.74) is 10.9. The lowest BCUT2D eigenvalue weighted by atomic mass is 10.1. The van der Waals surface area contributed by atoms with Crippen molar-refractivity contribution < 1.29 is 57.5 Å². The number of phosphoric acid groups is 1. The van der Waals surface area contributed by atoms with Crippen LogP contribution in [-0.4, -0.2) is 120 Å². The number of nitrogens with two attached hydrogens (primary N) is 2. The fraction of sp³-hybridized carbons (Fsp3) is 0.524. The molecule has 6 unspecified atom stereocenters. The number of imidazole rings is 2. The summed E-state index contributed by atoms with van der Waals surface area (Å²) in [6.45, 7) is -1.51. The minimum Gasteiger partial charge on any atom is -0.394 e. The van der Waals surface area contributed by atoms with Crippen molar-refractivity contribution in [2.75, 3.05) is 31.0 Å². The number of hydrogen-bond donors (Lipinski definition) is 8. The van der Waals surface area contributed by atoms with Gasteiger partial charge >= 0.3 is 7.82 Å². The number of ether oxygens (including phenoxy) is 3. The molecule has 0 bridgehead atoms. The van der Waals surface area contributed by atoms with Crippen molar-refractivity contribution in [1.82, 2.24) is 39.0 Å². The number of aromatic amines is 1. The zero-order chi connectivity index (χ0) is 32.9. The van der Waals surface area contributed by atoms with Gasteiger partial charge in [-0.25, -0.2) is 24.5 Å². The fourth-order valence-corrected chi connectivity index (χ4v) is 6.44. The normalized spacial score (nSPS) is 30.3. The van der Waals surface area contributed by atoms with E-state index in [4.69, 9.17) is 34.7 Å². The summed E-state index contributed by atoms with van der Waals surface area (Å²) in [5.74, 6) is -0.222. The molecule has 2 saturated heterocycles. The number of rotatable bonds is 11. The van der Waals surface area contributed by atoms with Gasteiger partial charge in [0, 0.05) is 0 Å². The summed E-state index contributed by atoms with van der Waals surface area (Å²) >= 11 is 0. The predicted molar refractivity (Wildman–Crippen MR) is 151 cm³/mol. The van der Waals surface area contributed by atoms with Crippen LogP contribution in [0.15, 0.2) is 23.8 Å². The van der Waals surface area contributed by atoms with E-state index in [-0.39, 0.29) is 34.1 Å². The third-order valence-electron chi connectivity index (χ3n) is 7.25. The van der Waals surface area contributed by atoms with Gasteiger partial charge in [-0.3, -0.25) is 32.5 Å². The van der Waals surface area contributed by atoms with Gasteiger partial charge in [0.25, 0.3) is 5.56 Å². The molecule has 46 heavy (non-hydrogen) atoms. The quantitative estimate of drug-likeness (QED) is 0.0724. The first-order valence-electron chi connectivity index (χ1n) is 13.3. The number of aliphatic hydroxyl groups excluding tert-OH is 3. The highest BCUT2D eigenvalue weighted by Crippen LogP contribution is 2.50. The molecule has 2 aliphatic heterocycles. The molecule has 0 radical (unpaired) electrons. The van der Waals surface area contributed by atoms with Crippen LogP contribution in [0.5, 0.6) is 0 Å². The van der Waals surface area contributed by atoms with Crippen LogP contribution in [0.4, 0.5) is 11.8 Å². The molecule has 4 aromatic rings. The van der Waals surface area contributed by atoms with Crippen LogP contribution in [0.1, 0.15) is 12.5 Å². The second-order valence-electron chi connectivity index (χ2n) is 10.2. The summed E-state index contributed by atoms with van der Waals surface area (Å²) in [5, 5.41) is 31.5. The molecular formula is C21H28N10O13P2. The summed E-state index contributed by atoms with van der Waals surface area (Å²) in [4.78, 5) is 54.5. The highest BCUT2D eigenvalue weighted by molar-refractivity contribution is 7.47. The molecule has 0 aliphatic carbocycles. The average molecular weight is 690 g/mol.